The van der Waals surface area contributed by atoms with Crippen molar-refractivity contribution in [3.05, 3.63) is 84.4 Å². The fourth-order valence-corrected chi connectivity index (χ4v) is 4.53. The van der Waals surface area contributed by atoms with E-state index in [-0.39, 0.29) is 17.1 Å². The minimum atomic E-state index is -4.09. The summed E-state index contributed by atoms with van der Waals surface area (Å²) in [4.78, 5) is 17.4. The maximum Gasteiger partial charge on any atom is 0.264 e. The highest BCUT2D eigenvalue weighted by atomic mass is 32.2. The molecule has 9 heteroatoms. The Hall–Kier alpha value is -2.91. The van der Waals surface area contributed by atoms with Crippen molar-refractivity contribution in [2.45, 2.75) is 16.3 Å². The second kappa shape index (κ2) is 9.73. The number of nitrogens with zero attached hydrogens (tertiary/aromatic N) is 2. The number of hydrogen-bond donors (Lipinski definition) is 1. The van der Waals surface area contributed by atoms with Crippen LogP contribution in [0.2, 0.25) is 0 Å². The number of pyridine rings is 1. The minimum Gasteiger partial charge on any atom is -0.350 e. The van der Waals surface area contributed by atoms with Crippen LogP contribution in [0.1, 0.15) is 5.56 Å². The summed E-state index contributed by atoms with van der Waals surface area (Å²) in [6.07, 6.45) is 5.09. The van der Waals surface area contributed by atoms with Gasteiger partial charge in [0.05, 0.1) is 10.6 Å². The second-order valence-electron chi connectivity index (χ2n) is 6.30. The lowest BCUT2D eigenvalue weighted by molar-refractivity contribution is -0.119. The van der Waals surface area contributed by atoms with Gasteiger partial charge in [0, 0.05) is 23.8 Å². The molecule has 0 aliphatic carbocycles. The van der Waals surface area contributed by atoms with Gasteiger partial charge in [0.25, 0.3) is 10.0 Å². The van der Waals surface area contributed by atoms with Crippen molar-refractivity contribution in [1.82, 2.24) is 10.3 Å². The molecule has 0 bridgehead atoms. The van der Waals surface area contributed by atoms with E-state index in [1.165, 1.54) is 42.1 Å². The number of carbonyl (C=O) groups excluding carboxylic acids is 1. The molecule has 1 N–H and O–H groups in total. The predicted octanol–water partition coefficient (Wildman–Crippen LogP) is 3.45. The first-order chi connectivity index (χ1) is 14.4. The largest absolute Gasteiger partial charge is 0.350 e. The highest BCUT2D eigenvalue weighted by molar-refractivity contribution is 7.98. The molecular formula is C21H20FN3O3S2. The normalized spacial score (nSPS) is 11.1. The number of rotatable bonds is 8. The zero-order chi connectivity index (χ0) is 21.6. The van der Waals surface area contributed by atoms with Crippen LogP contribution in [0.25, 0.3) is 0 Å². The number of anilines is 1. The van der Waals surface area contributed by atoms with Crippen LogP contribution >= 0.6 is 11.8 Å². The zero-order valence-electron chi connectivity index (χ0n) is 16.2. The van der Waals surface area contributed by atoms with Gasteiger partial charge < -0.3 is 5.32 Å². The van der Waals surface area contributed by atoms with Crippen LogP contribution in [0.5, 0.6) is 0 Å². The molecule has 0 aliphatic rings. The number of hydrogen-bond acceptors (Lipinski definition) is 5. The zero-order valence-corrected chi connectivity index (χ0v) is 17.8. The second-order valence-corrected chi connectivity index (χ2v) is 9.04. The van der Waals surface area contributed by atoms with Crippen molar-refractivity contribution >= 4 is 33.4 Å². The van der Waals surface area contributed by atoms with Crippen molar-refractivity contribution in [3.63, 3.8) is 0 Å². The number of thioether (sulfide) groups is 1. The highest BCUT2D eigenvalue weighted by Crippen LogP contribution is 2.26. The summed E-state index contributed by atoms with van der Waals surface area (Å²) < 4.78 is 41.2. The molecule has 3 rings (SSSR count). The molecule has 0 spiro atoms. The van der Waals surface area contributed by atoms with Crippen LogP contribution in [0, 0.1) is 5.82 Å². The van der Waals surface area contributed by atoms with E-state index in [1.54, 1.807) is 36.7 Å². The number of halogens is 1. The van der Waals surface area contributed by atoms with E-state index in [4.69, 9.17) is 0 Å². The summed E-state index contributed by atoms with van der Waals surface area (Å²) in [7, 11) is -4.09. The van der Waals surface area contributed by atoms with Crippen LogP contribution < -0.4 is 9.62 Å². The molecule has 1 amide bonds. The Kier molecular flexibility index (Phi) is 7.07. The smallest absolute Gasteiger partial charge is 0.264 e. The van der Waals surface area contributed by atoms with Crippen LogP contribution in [0.4, 0.5) is 10.1 Å². The van der Waals surface area contributed by atoms with Gasteiger partial charge in [-0.05, 0) is 66.4 Å². The Bertz CT molecular complexity index is 1110. The molecule has 2 aromatic carbocycles. The molecule has 30 heavy (non-hydrogen) atoms. The van der Waals surface area contributed by atoms with Crippen LogP contribution in [0.15, 0.2) is 82.8 Å². The monoisotopic (exact) mass is 445 g/mol. The Morgan fingerprint density at radius 3 is 2.43 bits per heavy atom. The van der Waals surface area contributed by atoms with Gasteiger partial charge in [-0.1, -0.05) is 6.07 Å². The summed E-state index contributed by atoms with van der Waals surface area (Å²) in [6, 6.07) is 15.0. The minimum absolute atomic E-state index is 0.0199. The van der Waals surface area contributed by atoms with Gasteiger partial charge in [-0.3, -0.25) is 14.1 Å². The Morgan fingerprint density at radius 1 is 1.10 bits per heavy atom. The lowest BCUT2D eigenvalue weighted by Gasteiger charge is -2.24. The molecule has 0 atom stereocenters. The predicted molar refractivity (Wildman–Crippen MR) is 115 cm³/mol. The maximum absolute atomic E-state index is 13.8. The fraction of sp³-hybridized carbons (Fsp3) is 0.143. The van der Waals surface area contributed by atoms with E-state index in [0.29, 0.717) is 0 Å². The number of sulfonamides is 1. The van der Waals surface area contributed by atoms with E-state index >= 15 is 0 Å². The van der Waals surface area contributed by atoms with Gasteiger partial charge in [-0.25, -0.2) is 12.8 Å². The van der Waals surface area contributed by atoms with Gasteiger partial charge in [-0.15, -0.1) is 11.8 Å². The third-order valence-electron chi connectivity index (χ3n) is 4.27. The lowest BCUT2D eigenvalue weighted by Crippen LogP contribution is -2.40. The van der Waals surface area contributed by atoms with Gasteiger partial charge in [0.2, 0.25) is 5.91 Å². The van der Waals surface area contributed by atoms with E-state index in [2.05, 4.69) is 10.3 Å². The summed E-state index contributed by atoms with van der Waals surface area (Å²) in [5, 5.41) is 2.69. The average molecular weight is 446 g/mol. The van der Waals surface area contributed by atoms with E-state index in [0.717, 1.165) is 20.8 Å². The molecule has 0 fully saturated rings. The van der Waals surface area contributed by atoms with Gasteiger partial charge in [-0.2, -0.15) is 0 Å². The standard InChI is InChI=1S/C21H20FN3O3S2/c1-29-19-5-7-20(8-6-19)30(27,28)25(18-4-2-3-17(22)13-18)15-21(26)24-14-16-9-11-23-12-10-16/h2-13H,14-15H2,1H3,(H,24,26). The van der Waals surface area contributed by atoms with Gasteiger partial charge in [0.15, 0.2) is 0 Å². The number of nitrogens with one attached hydrogen (secondary N) is 1. The molecule has 0 aliphatic heterocycles. The van der Waals surface area contributed by atoms with E-state index in [1.807, 2.05) is 6.26 Å². The van der Waals surface area contributed by atoms with E-state index in [9.17, 15) is 17.6 Å². The molecule has 0 saturated carbocycles. The first-order valence-electron chi connectivity index (χ1n) is 8.98. The molecular weight excluding hydrogens is 425 g/mol. The molecule has 6 nitrogen and oxygen atoms in total. The average Bonchev–Trinajstić information content (AvgIpc) is 2.76. The lowest BCUT2D eigenvalue weighted by atomic mass is 10.2. The Balaban J connectivity index is 1.87. The third-order valence-corrected chi connectivity index (χ3v) is 6.80. The SMILES string of the molecule is CSc1ccc(S(=O)(=O)N(CC(=O)NCc2ccncc2)c2cccc(F)c2)cc1. The Labute approximate surface area is 179 Å². The topological polar surface area (TPSA) is 79.4 Å². The third kappa shape index (κ3) is 5.37. The molecule has 0 radical (unpaired) electrons. The van der Waals surface area contributed by atoms with Crippen molar-refractivity contribution < 1.29 is 17.6 Å². The summed E-state index contributed by atoms with van der Waals surface area (Å²) in [5.41, 5.74) is 0.897. The molecule has 1 aromatic heterocycles. The fourth-order valence-electron chi connectivity index (χ4n) is 2.71. The molecule has 3 aromatic rings. The summed E-state index contributed by atoms with van der Waals surface area (Å²) in [5.74, 6) is -1.11. The number of carbonyl (C=O) groups is 1. The summed E-state index contributed by atoms with van der Waals surface area (Å²) in [6.45, 7) is -0.262. The number of amides is 1. The van der Waals surface area contributed by atoms with Crippen LogP contribution in [0.3, 0.4) is 0 Å². The van der Waals surface area contributed by atoms with Gasteiger partial charge >= 0.3 is 0 Å². The van der Waals surface area contributed by atoms with Crippen molar-refractivity contribution in [1.29, 1.82) is 0 Å². The van der Waals surface area contributed by atoms with Crippen molar-refractivity contribution in [3.8, 4) is 0 Å². The highest BCUT2D eigenvalue weighted by Gasteiger charge is 2.27. The molecule has 156 valence electrons. The maximum atomic E-state index is 13.8. The van der Waals surface area contributed by atoms with Crippen molar-refractivity contribution in [2.75, 3.05) is 17.1 Å². The first-order valence-corrected chi connectivity index (χ1v) is 11.6. The Morgan fingerprint density at radius 2 is 1.80 bits per heavy atom. The van der Waals surface area contributed by atoms with Gasteiger partial charge in [0.1, 0.15) is 12.4 Å². The molecule has 1 heterocycles. The van der Waals surface area contributed by atoms with Crippen LogP contribution in [-0.4, -0.2) is 32.1 Å². The molecule has 0 saturated heterocycles. The first kappa shape index (κ1) is 21.8. The summed E-state index contributed by atoms with van der Waals surface area (Å²) >= 11 is 1.48. The van der Waals surface area contributed by atoms with E-state index < -0.39 is 28.3 Å². The number of aromatic nitrogens is 1. The quantitative estimate of drug-likeness (QED) is 0.537. The van der Waals surface area contributed by atoms with Crippen LogP contribution in [-0.2, 0) is 21.4 Å². The van der Waals surface area contributed by atoms with Crippen molar-refractivity contribution in [2.24, 2.45) is 0 Å². The number of benzene rings is 2. The molecule has 0 unspecified atom stereocenters.